The van der Waals surface area contributed by atoms with Crippen LogP contribution in [0.1, 0.15) is 26.0 Å². The van der Waals surface area contributed by atoms with Crippen molar-refractivity contribution in [1.82, 2.24) is 15.1 Å². The van der Waals surface area contributed by atoms with Crippen LogP contribution in [-0.2, 0) is 11.3 Å². The zero-order valence-corrected chi connectivity index (χ0v) is 15.5. The summed E-state index contributed by atoms with van der Waals surface area (Å²) in [5.41, 5.74) is 0. The number of hydrogen-bond acceptors (Lipinski definition) is 7. The van der Waals surface area contributed by atoms with Crippen molar-refractivity contribution in [3.05, 3.63) is 24.2 Å². The summed E-state index contributed by atoms with van der Waals surface area (Å²) in [6.45, 7) is 6.75. The van der Waals surface area contributed by atoms with E-state index >= 15 is 0 Å². The van der Waals surface area contributed by atoms with Crippen LogP contribution in [0.4, 0.5) is 5.13 Å². The summed E-state index contributed by atoms with van der Waals surface area (Å²) in [7, 11) is 0. The summed E-state index contributed by atoms with van der Waals surface area (Å²) in [5, 5.41) is 12.1. The van der Waals surface area contributed by atoms with Gasteiger partial charge in [0.05, 0.1) is 18.6 Å². The molecule has 130 valence electrons. The van der Waals surface area contributed by atoms with Crippen molar-refractivity contribution in [3.8, 4) is 0 Å². The minimum absolute atomic E-state index is 0.193. The van der Waals surface area contributed by atoms with Gasteiger partial charge in [0.15, 0.2) is 4.34 Å². The number of nitrogens with one attached hydrogen (secondary N) is 1. The lowest BCUT2D eigenvalue weighted by Gasteiger charge is -2.34. The Morgan fingerprint density at radius 1 is 1.42 bits per heavy atom. The van der Waals surface area contributed by atoms with Gasteiger partial charge in [-0.2, -0.15) is 0 Å². The molecule has 0 aliphatic carbocycles. The van der Waals surface area contributed by atoms with E-state index < -0.39 is 0 Å². The summed E-state index contributed by atoms with van der Waals surface area (Å²) < 4.78 is 6.07. The maximum atomic E-state index is 12.4. The Balaban J connectivity index is 1.45. The number of furan rings is 1. The zero-order valence-electron chi connectivity index (χ0n) is 13.9. The fourth-order valence-electron chi connectivity index (χ4n) is 3.00. The lowest BCUT2D eigenvalue weighted by atomic mass is 9.92. The van der Waals surface area contributed by atoms with Crippen molar-refractivity contribution in [2.45, 2.75) is 31.2 Å². The average Bonchev–Trinajstić information content (AvgIpc) is 3.21. The lowest BCUT2D eigenvalue weighted by Crippen LogP contribution is -2.43. The van der Waals surface area contributed by atoms with Gasteiger partial charge in [-0.05, 0) is 30.4 Å². The molecule has 0 bridgehead atoms. The number of nitrogens with zero attached hydrogens (tertiary/aromatic N) is 3. The number of anilines is 1. The highest BCUT2D eigenvalue weighted by Crippen LogP contribution is 2.27. The molecule has 1 aliphatic heterocycles. The maximum Gasteiger partial charge on any atom is 0.233 e. The smallest absolute Gasteiger partial charge is 0.233 e. The third kappa shape index (κ3) is 4.73. The van der Waals surface area contributed by atoms with Gasteiger partial charge in [0.1, 0.15) is 5.76 Å². The first kappa shape index (κ1) is 17.3. The van der Waals surface area contributed by atoms with Crippen LogP contribution in [0.5, 0.6) is 0 Å². The van der Waals surface area contributed by atoms with Gasteiger partial charge in [-0.15, -0.1) is 10.2 Å². The Labute approximate surface area is 150 Å². The topological polar surface area (TPSA) is 71.3 Å². The van der Waals surface area contributed by atoms with Gasteiger partial charge in [0.25, 0.3) is 0 Å². The van der Waals surface area contributed by atoms with Crippen LogP contribution in [-0.4, -0.2) is 39.8 Å². The molecule has 0 aromatic carbocycles. The van der Waals surface area contributed by atoms with Crippen LogP contribution in [0.25, 0.3) is 0 Å². The molecule has 2 atom stereocenters. The first-order valence-electron chi connectivity index (χ1n) is 8.10. The Hall–Kier alpha value is -1.54. The Morgan fingerprint density at radius 3 is 2.92 bits per heavy atom. The summed E-state index contributed by atoms with van der Waals surface area (Å²) in [6.07, 6.45) is 2.85. The zero-order chi connectivity index (χ0) is 16.9. The number of amides is 1. The molecule has 8 heteroatoms. The van der Waals surface area contributed by atoms with Gasteiger partial charge in [-0.25, -0.2) is 0 Å². The van der Waals surface area contributed by atoms with Crippen molar-refractivity contribution >= 4 is 34.1 Å². The molecule has 2 aromatic rings. The largest absolute Gasteiger partial charge is 0.467 e. The first-order valence-corrected chi connectivity index (χ1v) is 9.90. The summed E-state index contributed by atoms with van der Waals surface area (Å²) >= 11 is 2.92. The van der Waals surface area contributed by atoms with E-state index in [-0.39, 0.29) is 5.91 Å². The molecule has 2 aromatic heterocycles. The summed E-state index contributed by atoms with van der Waals surface area (Å²) in [5.74, 6) is 2.64. The van der Waals surface area contributed by atoms with E-state index in [1.807, 2.05) is 17.0 Å². The highest BCUT2D eigenvalue weighted by atomic mass is 32.2. The van der Waals surface area contributed by atoms with Crippen LogP contribution in [0.15, 0.2) is 27.2 Å². The van der Waals surface area contributed by atoms with Crippen LogP contribution in [0.2, 0.25) is 0 Å². The van der Waals surface area contributed by atoms with Gasteiger partial charge in [-0.3, -0.25) is 4.79 Å². The Bertz CT molecular complexity index is 649. The van der Waals surface area contributed by atoms with E-state index in [1.54, 1.807) is 6.26 Å². The number of rotatable bonds is 6. The highest BCUT2D eigenvalue weighted by molar-refractivity contribution is 8.01. The molecule has 3 rings (SSSR count). The fourth-order valence-corrected chi connectivity index (χ4v) is 4.65. The average molecular weight is 367 g/mol. The third-order valence-corrected chi connectivity index (χ3v) is 5.94. The number of aromatic nitrogens is 2. The van der Waals surface area contributed by atoms with Gasteiger partial charge < -0.3 is 14.6 Å². The van der Waals surface area contributed by atoms with Crippen LogP contribution in [0.3, 0.4) is 0 Å². The van der Waals surface area contributed by atoms with E-state index in [1.165, 1.54) is 29.5 Å². The fraction of sp³-hybridized carbons (Fsp3) is 0.562. The molecule has 1 saturated heterocycles. The molecule has 0 radical (unpaired) electrons. The number of hydrogen-bond donors (Lipinski definition) is 1. The van der Waals surface area contributed by atoms with Gasteiger partial charge in [0.2, 0.25) is 11.0 Å². The molecule has 1 amide bonds. The SMILES string of the molecule is C[C@@H]1C[C@@H](C)CN(C(=O)CSc2nnc(NCc3ccco3)s2)C1. The van der Waals surface area contributed by atoms with E-state index in [2.05, 4.69) is 29.4 Å². The number of thioether (sulfide) groups is 1. The van der Waals surface area contributed by atoms with Crippen LogP contribution < -0.4 is 5.32 Å². The van der Waals surface area contributed by atoms with E-state index in [0.717, 1.165) is 28.3 Å². The van der Waals surface area contributed by atoms with Crippen molar-refractivity contribution < 1.29 is 9.21 Å². The lowest BCUT2D eigenvalue weighted by molar-refractivity contribution is -0.130. The van der Waals surface area contributed by atoms with E-state index in [4.69, 9.17) is 4.42 Å². The third-order valence-electron chi connectivity index (χ3n) is 3.94. The van der Waals surface area contributed by atoms with E-state index in [9.17, 15) is 4.79 Å². The summed E-state index contributed by atoms with van der Waals surface area (Å²) in [6, 6.07) is 3.76. The number of likely N-dealkylation sites (tertiary alicyclic amines) is 1. The molecule has 6 nitrogen and oxygen atoms in total. The molecule has 24 heavy (non-hydrogen) atoms. The quantitative estimate of drug-likeness (QED) is 0.791. The molecule has 0 saturated carbocycles. The standard InChI is InChI=1S/C16H22N4O2S2/c1-11-6-12(2)9-20(8-11)14(21)10-23-16-19-18-15(24-16)17-7-13-4-3-5-22-13/h3-5,11-12H,6-10H2,1-2H3,(H,17,18)/t11-,12-/m1/s1. The van der Waals surface area contributed by atoms with E-state index in [0.29, 0.717) is 24.1 Å². The number of piperidine rings is 1. The molecule has 0 unspecified atom stereocenters. The minimum atomic E-state index is 0.193. The molecule has 1 fully saturated rings. The second kappa shape index (κ2) is 8.02. The highest BCUT2D eigenvalue weighted by Gasteiger charge is 2.25. The number of carbonyl (C=O) groups excluding carboxylic acids is 1. The molecule has 1 aliphatic rings. The van der Waals surface area contributed by atoms with Crippen molar-refractivity contribution in [2.75, 3.05) is 24.2 Å². The molecule has 1 N–H and O–H groups in total. The minimum Gasteiger partial charge on any atom is -0.467 e. The second-order valence-electron chi connectivity index (χ2n) is 6.34. The van der Waals surface area contributed by atoms with Crippen LogP contribution >= 0.6 is 23.1 Å². The van der Waals surface area contributed by atoms with Crippen molar-refractivity contribution in [1.29, 1.82) is 0 Å². The monoisotopic (exact) mass is 366 g/mol. The van der Waals surface area contributed by atoms with Gasteiger partial charge in [-0.1, -0.05) is 36.9 Å². The van der Waals surface area contributed by atoms with Crippen molar-refractivity contribution in [3.63, 3.8) is 0 Å². The Morgan fingerprint density at radius 2 is 2.21 bits per heavy atom. The second-order valence-corrected chi connectivity index (χ2v) is 8.54. The molecule has 3 heterocycles. The number of carbonyl (C=O) groups is 1. The van der Waals surface area contributed by atoms with Gasteiger partial charge >= 0.3 is 0 Å². The van der Waals surface area contributed by atoms with Crippen LogP contribution in [0, 0.1) is 11.8 Å². The molecule has 0 spiro atoms. The van der Waals surface area contributed by atoms with Crippen molar-refractivity contribution in [2.24, 2.45) is 11.8 Å². The molecular formula is C16H22N4O2S2. The maximum absolute atomic E-state index is 12.4. The first-order chi connectivity index (χ1) is 11.6. The predicted molar refractivity (Wildman–Crippen MR) is 96.2 cm³/mol. The Kier molecular flexibility index (Phi) is 5.78. The summed E-state index contributed by atoms with van der Waals surface area (Å²) in [4.78, 5) is 14.4. The normalized spacial score (nSPS) is 21.0. The molecular weight excluding hydrogens is 344 g/mol. The predicted octanol–water partition coefficient (Wildman–Crippen LogP) is 3.34. The van der Waals surface area contributed by atoms with Gasteiger partial charge in [0, 0.05) is 13.1 Å².